The summed E-state index contributed by atoms with van der Waals surface area (Å²) in [6.07, 6.45) is 5.60. The maximum atomic E-state index is 4.86. The smallest absolute Gasteiger partial charge is 0.122 e. The lowest BCUT2D eigenvalue weighted by molar-refractivity contribution is 0.173. The van der Waals surface area contributed by atoms with Crippen LogP contribution in [0.2, 0.25) is 0 Å². The molecule has 57 valence electrons. The zero-order valence-corrected chi connectivity index (χ0v) is 6.31. The van der Waals surface area contributed by atoms with E-state index in [-0.39, 0.29) is 0 Å². The fourth-order valence-corrected chi connectivity index (χ4v) is 1.02. The lowest BCUT2D eigenvalue weighted by Gasteiger charge is -1.94. The van der Waals surface area contributed by atoms with Crippen LogP contribution in [0.3, 0.4) is 0 Å². The van der Waals surface area contributed by atoms with E-state index in [1.807, 2.05) is 0 Å². The lowest BCUT2D eigenvalue weighted by Crippen LogP contribution is -1.93. The van der Waals surface area contributed by atoms with E-state index in [1.165, 1.54) is 18.6 Å². The van der Waals surface area contributed by atoms with Crippen molar-refractivity contribution in [3.63, 3.8) is 0 Å². The molecule has 0 N–H and O–H groups in total. The average Bonchev–Trinajstić information content (AvgIpc) is 2.41. The van der Waals surface area contributed by atoms with Gasteiger partial charge in [-0.1, -0.05) is 24.9 Å². The fourth-order valence-electron chi connectivity index (χ4n) is 1.02. The zero-order valence-electron chi connectivity index (χ0n) is 6.31. The van der Waals surface area contributed by atoms with E-state index >= 15 is 0 Å². The van der Waals surface area contributed by atoms with Crippen molar-refractivity contribution in [2.24, 2.45) is 5.16 Å². The third-order valence-corrected chi connectivity index (χ3v) is 1.64. The minimum absolute atomic E-state index is 0.791. The van der Waals surface area contributed by atoms with E-state index in [2.05, 4.69) is 12.1 Å². The zero-order chi connectivity index (χ0) is 7.23. The van der Waals surface area contributed by atoms with Crippen LogP contribution < -0.4 is 0 Å². The molecule has 2 nitrogen and oxygen atoms in total. The molecule has 0 saturated carbocycles. The van der Waals surface area contributed by atoms with Crippen LogP contribution in [0.1, 0.15) is 32.1 Å². The lowest BCUT2D eigenvalue weighted by atomic mass is 10.1. The minimum Gasteiger partial charge on any atom is -0.395 e. The standard InChI is InChI=1S/C8H14NO/c1-2-3-4-5-8-6-7-10-9-8/h1-7H2. The summed E-state index contributed by atoms with van der Waals surface area (Å²) >= 11 is 0. The minimum atomic E-state index is 0.791. The highest BCUT2D eigenvalue weighted by Crippen LogP contribution is 2.08. The summed E-state index contributed by atoms with van der Waals surface area (Å²) in [5, 5.41) is 3.90. The van der Waals surface area contributed by atoms with Crippen LogP contribution >= 0.6 is 0 Å². The molecule has 1 heterocycles. The second-order valence-electron chi connectivity index (χ2n) is 2.55. The molecule has 1 aliphatic rings. The molecule has 0 aromatic rings. The SMILES string of the molecule is [CH2]CCCCC1=NOCC1. The van der Waals surface area contributed by atoms with Crippen LogP contribution in [-0.4, -0.2) is 12.3 Å². The molecule has 1 aliphatic heterocycles. The van der Waals surface area contributed by atoms with E-state index in [4.69, 9.17) is 4.84 Å². The Balaban J connectivity index is 2.01. The van der Waals surface area contributed by atoms with Gasteiger partial charge in [0.1, 0.15) is 6.61 Å². The largest absolute Gasteiger partial charge is 0.395 e. The predicted octanol–water partition coefficient (Wildman–Crippen LogP) is 2.16. The summed E-state index contributed by atoms with van der Waals surface area (Å²) in [5.41, 5.74) is 1.23. The molecular formula is C8H14NO. The van der Waals surface area contributed by atoms with Crippen molar-refractivity contribution in [1.29, 1.82) is 0 Å². The Morgan fingerprint density at radius 1 is 1.50 bits per heavy atom. The maximum absolute atomic E-state index is 4.86. The van der Waals surface area contributed by atoms with Gasteiger partial charge in [0.05, 0.1) is 5.71 Å². The highest BCUT2D eigenvalue weighted by atomic mass is 16.6. The Morgan fingerprint density at radius 2 is 2.40 bits per heavy atom. The molecule has 0 spiro atoms. The molecule has 10 heavy (non-hydrogen) atoms. The number of hydrogen-bond donors (Lipinski definition) is 0. The van der Waals surface area contributed by atoms with Crippen molar-refractivity contribution in [2.75, 3.05) is 6.61 Å². The monoisotopic (exact) mass is 140 g/mol. The van der Waals surface area contributed by atoms with E-state index in [0.717, 1.165) is 25.9 Å². The molecule has 0 fully saturated rings. The second-order valence-corrected chi connectivity index (χ2v) is 2.55. The van der Waals surface area contributed by atoms with Gasteiger partial charge < -0.3 is 4.84 Å². The van der Waals surface area contributed by atoms with Crippen LogP contribution in [-0.2, 0) is 4.84 Å². The number of hydrogen-bond acceptors (Lipinski definition) is 2. The van der Waals surface area contributed by atoms with Crippen molar-refractivity contribution in [2.45, 2.75) is 32.1 Å². The van der Waals surface area contributed by atoms with Crippen LogP contribution in [0.25, 0.3) is 0 Å². The van der Waals surface area contributed by atoms with Crippen molar-refractivity contribution >= 4 is 5.71 Å². The van der Waals surface area contributed by atoms with Crippen molar-refractivity contribution in [3.05, 3.63) is 6.92 Å². The number of rotatable bonds is 4. The third-order valence-electron chi connectivity index (χ3n) is 1.64. The van der Waals surface area contributed by atoms with Gasteiger partial charge in [0, 0.05) is 6.42 Å². The summed E-state index contributed by atoms with van der Waals surface area (Å²) in [5.74, 6) is 0. The Morgan fingerprint density at radius 3 is 3.00 bits per heavy atom. The summed E-state index contributed by atoms with van der Waals surface area (Å²) in [6, 6.07) is 0. The Hall–Kier alpha value is -0.530. The van der Waals surface area contributed by atoms with Crippen LogP contribution in [0.4, 0.5) is 0 Å². The van der Waals surface area contributed by atoms with E-state index in [9.17, 15) is 0 Å². The average molecular weight is 140 g/mol. The molecule has 0 aromatic carbocycles. The second kappa shape index (κ2) is 4.31. The first-order valence-corrected chi connectivity index (χ1v) is 3.90. The molecule has 2 heteroatoms. The fraction of sp³-hybridized carbons (Fsp3) is 0.750. The molecule has 0 aliphatic carbocycles. The summed E-state index contributed by atoms with van der Waals surface area (Å²) in [6.45, 7) is 4.57. The number of oxime groups is 1. The summed E-state index contributed by atoms with van der Waals surface area (Å²) < 4.78 is 0. The molecule has 0 saturated heterocycles. The van der Waals surface area contributed by atoms with Crippen molar-refractivity contribution in [1.82, 2.24) is 0 Å². The molecule has 0 atom stereocenters. The quantitative estimate of drug-likeness (QED) is 0.548. The first kappa shape index (κ1) is 7.58. The van der Waals surface area contributed by atoms with Gasteiger partial charge in [-0.2, -0.15) is 0 Å². The number of nitrogens with zero attached hydrogens (tertiary/aromatic N) is 1. The van der Waals surface area contributed by atoms with Crippen LogP contribution in [0.5, 0.6) is 0 Å². The predicted molar refractivity (Wildman–Crippen MR) is 41.8 cm³/mol. The van der Waals surface area contributed by atoms with E-state index in [0.29, 0.717) is 0 Å². The molecule has 1 radical (unpaired) electrons. The van der Waals surface area contributed by atoms with Crippen molar-refractivity contribution in [3.8, 4) is 0 Å². The third kappa shape index (κ3) is 2.38. The Labute approximate surface area is 62.3 Å². The maximum Gasteiger partial charge on any atom is 0.122 e. The Kier molecular flexibility index (Phi) is 3.27. The van der Waals surface area contributed by atoms with Crippen molar-refractivity contribution < 1.29 is 4.84 Å². The normalized spacial score (nSPS) is 16.7. The summed E-state index contributed by atoms with van der Waals surface area (Å²) in [7, 11) is 0. The molecule has 0 amide bonds. The highest BCUT2D eigenvalue weighted by Gasteiger charge is 2.05. The van der Waals surface area contributed by atoms with Crippen LogP contribution in [0, 0.1) is 6.92 Å². The van der Waals surface area contributed by atoms with Gasteiger partial charge in [-0.25, -0.2) is 0 Å². The highest BCUT2D eigenvalue weighted by molar-refractivity contribution is 5.84. The van der Waals surface area contributed by atoms with E-state index < -0.39 is 0 Å². The van der Waals surface area contributed by atoms with Gasteiger partial charge in [0.15, 0.2) is 0 Å². The van der Waals surface area contributed by atoms with Crippen LogP contribution in [0.15, 0.2) is 5.16 Å². The van der Waals surface area contributed by atoms with Gasteiger partial charge >= 0.3 is 0 Å². The molecule has 0 bridgehead atoms. The summed E-state index contributed by atoms with van der Waals surface area (Å²) in [4.78, 5) is 4.86. The molecular weight excluding hydrogens is 126 g/mol. The topological polar surface area (TPSA) is 21.6 Å². The molecule has 0 aromatic heterocycles. The van der Waals surface area contributed by atoms with E-state index in [1.54, 1.807) is 0 Å². The number of unbranched alkanes of at least 4 members (excludes halogenated alkanes) is 2. The van der Waals surface area contributed by atoms with Gasteiger partial charge in [-0.15, -0.1) is 0 Å². The van der Waals surface area contributed by atoms with Gasteiger partial charge in [0.25, 0.3) is 0 Å². The molecule has 0 unspecified atom stereocenters. The first-order valence-electron chi connectivity index (χ1n) is 3.90. The first-order chi connectivity index (χ1) is 4.93. The molecule has 1 rings (SSSR count). The van der Waals surface area contributed by atoms with Gasteiger partial charge in [-0.05, 0) is 12.8 Å². The van der Waals surface area contributed by atoms with Gasteiger partial charge in [0.2, 0.25) is 0 Å². The van der Waals surface area contributed by atoms with Gasteiger partial charge in [-0.3, -0.25) is 0 Å². The Bertz CT molecular complexity index is 120.